The minimum absolute atomic E-state index is 0.106. The average molecular weight is 447 g/mol. The van der Waals surface area contributed by atoms with E-state index in [0.717, 1.165) is 22.4 Å². The Balaban J connectivity index is 1.84. The second-order valence-corrected chi connectivity index (χ2v) is 9.90. The maximum absolute atomic E-state index is 12.5. The second kappa shape index (κ2) is 11.9. The fourth-order valence-corrected chi connectivity index (χ4v) is 4.47. The van der Waals surface area contributed by atoms with E-state index in [-0.39, 0.29) is 24.8 Å². The topological polar surface area (TPSA) is 75.7 Å². The first-order chi connectivity index (χ1) is 14.7. The fourth-order valence-electron chi connectivity index (χ4n) is 3.43. The van der Waals surface area contributed by atoms with Crippen molar-refractivity contribution in [3.63, 3.8) is 0 Å². The monoisotopic (exact) mass is 446 g/mol. The Morgan fingerprint density at radius 3 is 2.45 bits per heavy atom. The first-order valence-corrected chi connectivity index (χ1v) is 12.5. The largest absolute Gasteiger partial charge is 0.375 e. The Bertz CT molecular complexity index is 943. The third kappa shape index (κ3) is 7.99. The summed E-state index contributed by atoms with van der Waals surface area (Å²) in [7, 11) is -3.46. The molecule has 0 saturated heterocycles. The number of carbonyl (C=O) groups excluding carboxylic acids is 1. The van der Waals surface area contributed by atoms with Gasteiger partial charge in [0.25, 0.3) is 0 Å². The highest BCUT2D eigenvalue weighted by Gasteiger charge is 2.23. The molecular formula is C24H34N2O4S. The Hall–Kier alpha value is -2.38. The average Bonchev–Trinajstić information content (AvgIpc) is 2.71. The summed E-state index contributed by atoms with van der Waals surface area (Å²) in [5, 5.41) is 2.83. The molecule has 0 bridgehead atoms. The van der Waals surface area contributed by atoms with Gasteiger partial charge in [-0.1, -0.05) is 62.4 Å². The van der Waals surface area contributed by atoms with Gasteiger partial charge in [-0.3, -0.25) is 9.10 Å². The first-order valence-electron chi connectivity index (χ1n) is 10.7. The quantitative estimate of drug-likeness (QED) is 0.500. The summed E-state index contributed by atoms with van der Waals surface area (Å²) in [6.45, 7) is 7.64. The Kier molecular flexibility index (Phi) is 9.52. The molecule has 0 saturated carbocycles. The number of benzene rings is 2. The molecule has 0 heterocycles. The van der Waals surface area contributed by atoms with E-state index in [0.29, 0.717) is 26.2 Å². The molecule has 170 valence electrons. The summed E-state index contributed by atoms with van der Waals surface area (Å²) in [5.41, 5.74) is 3.73. The highest BCUT2D eigenvalue weighted by atomic mass is 32.2. The van der Waals surface area contributed by atoms with E-state index in [1.54, 1.807) is 0 Å². The maximum atomic E-state index is 12.5. The van der Waals surface area contributed by atoms with Crippen LogP contribution in [0.5, 0.6) is 0 Å². The highest BCUT2D eigenvalue weighted by Crippen LogP contribution is 2.32. The second-order valence-electron chi connectivity index (χ2n) is 7.99. The molecule has 0 aliphatic heterocycles. The van der Waals surface area contributed by atoms with Gasteiger partial charge < -0.3 is 10.1 Å². The summed E-state index contributed by atoms with van der Waals surface area (Å²) in [5.74, 6) is 0.0870. The third-order valence-corrected chi connectivity index (χ3v) is 6.15. The van der Waals surface area contributed by atoms with Crippen LogP contribution in [0.3, 0.4) is 0 Å². The zero-order valence-electron chi connectivity index (χ0n) is 18.9. The lowest BCUT2D eigenvalue weighted by atomic mass is 9.98. The van der Waals surface area contributed by atoms with Crippen LogP contribution >= 0.6 is 0 Å². The number of aryl methyl sites for hydroxylation is 1. The smallest absolute Gasteiger partial charge is 0.232 e. The van der Waals surface area contributed by atoms with E-state index < -0.39 is 10.0 Å². The fraction of sp³-hybridized carbons (Fsp3) is 0.458. The molecule has 6 nitrogen and oxygen atoms in total. The van der Waals surface area contributed by atoms with Crippen molar-refractivity contribution in [3.05, 3.63) is 65.2 Å². The standard InChI is InChI=1S/C24H34N2O4S/c1-19(2)22-13-8-10-20(3)24(22)26(31(4,28)29)16-9-14-23(27)25-15-17-30-18-21-11-6-5-7-12-21/h5-8,10-13,19H,9,14-18H2,1-4H3,(H,25,27). The molecule has 0 atom stereocenters. The van der Waals surface area contributed by atoms with Crippen molar-refractivity contribution in [1.29, 1.82) is 0 Å². The SMILES string of the molecule is Cc1cccc(C(C)C)c1N(CCCC(=O)NCCOCc1ccccc1)S(C)(=O)=O. The number of anilines is 1. The van der Waals surface area contributed by atoms with Gasteiger partial charge in [0, 0.05) is 19.5 Å². The number of carbonyl (C=O) groups is 1. The molecule has 7 heteroatoms. The number of sulfonamides is 1. The predicted molar refractivity (Wildman–Crippen MR) is 126 cm³/mol. The van der Waals surface area contributed by atoms with Gasteiger partial charge in [-0.15, -0.1) is 0 Å². The van der Waals surface area contributed by atoms with Crippen LogP contribution in [0.15, 0.2) is 48.5 Å². The van der Waals surface area contributed by atoms with Crippen LogP contribution in [0.1, 0.15) is 49.3 Å². The Morgan fingerprint density at radius 1 is 1.10 bits per heavy atom. The van der Waals surface area contributed by atoms with Crippen LogP contribution in [-0.2, 0) is 26.2 Å². The van der Waals surface area contributed by atoms with Gasteiger partial charge >= 0.3 is 0 Å². The van der Waals surface area contributed by atoms with Gasteiger partial charge in [-0.2, -0.15) is 0 Å². The molecule has 0 unspecified atom stereocenters. The number of hydrogen-bond acceptors (Lipinski definition) is 4. The van der Waals surface area contributed by atoms with Crippen molar-refractivity contribution in [2.24, 2.45) is 0 Å². The van der Waals surface area contributed by atoms with Crippen LogP contribution in [-0.4, -0.2) is 40.3 Å². The summed E-state index contributed by atoms with van der Waals surface area (Å²) in [6, 6.07) is 15.7. The van der Waals surface area contributed by atoms with Crippen molar-refractivity contribution in [2.45, 2.75) is 46.1 Å². The lowest BCUT2D eigenvalue weighted by Gasteiger charge is -2.28. The number of hydrogen-bond donors (Lipinski definition) is 1. The van der Waals surface area contributed by atoms with E-state index in [1.807, 2.05) is 69.3 Å². The zero-order valence-corrected chi connectivity index (χ0v) is 19.7. The molecule has 1 amide bonds. The molecule has 31 heavy (non-hydrogen) atoms. The van der Waals surface area contributed by atoms with Gasteiger partial charge in [0.1, 0.15) is 0 Å². The van der Waals surface area contributed by atoms with Gasteiger partial charge in [0.05, 0.1) is 25.2 Å². The third-order valence-electron chi connectivity index (χ3n) is 4.99. The van der Waals surface area contributed by atoms with E-state index >= 15 is 0 Å². The molecular weight excluding hydrogens is 412 g/mol. The molecule has 0 aromatic heterocycles. The number of nitrogens with one attached hydrogen (secondary N) is 1. The molecule has 2 rings (SSSR count). The van der Waals surface area contributed by atoms with Crippen LogP contribution < -0.4 is 9.62 Å². The lowest BCUT2D eigenvalue weighted by molar-refractivity contribution is -0.121. The minimum atomic E-state index is -3.46. The van der Waals surface area contributed by atoms with Gasteiger partial charge in [-0.25, -0.2) is 8.42 Å². The molecule has 0 aliphatic rings. The summed E-state index contributed by atoms with van der Waals surface area (Å²) in [6.07, 6.45) is 1.91. The molecule has 0 spiro atoms. The maximum Gasteiger partial charge on any atom is 0.232 e. The van der Waals surface area contributed by atoms with Crippen molar-refractivity contribution < 1.29 is 17.9 Å². The van der Waals surface area contributed by atoms with Gasteiger partial charge in [0.2, 0.25) is 15.9 Å². The van der Waals surface area contributed by atoms with Gasteiger partial charge in [-0.05, 0) is 36.0 Å². The van der Waals surface area contributed by atoms with Crippen molar-refractivity contribution >= 4 is 21.6 Å². The predicted octanol–water partition coefficient (Wildman–Crippen LogP) is 4.00. The number of amides is 1. The molecule has 1 N–H and O–H groups in total. The number of ether oxygens (including phenoxy) is 1. The molecule has 0 fully saturated rings. The normalized spacial score (nSPS) is 11.5. The van der Waals surface area contributed by atoms with E-state index in [2.05, 4.69) is 5.32 Å². The van der Waals surface area contributed by atoms with Crippen LogP contribution in [0.2, 0.25) is 0 Å². The van der Waals surface area contributed by atoms with Crippen LogP contribution in [0, 0.1) is 6.92 Å². The Labute approximate surface area is 186 Å². The van der Waals surface area contributed by atoms with Crippen molar-refractivity contribution in [1.82, 2.24) is 5.32 Å². The molecule has 2 aromatic rings. The lowest BCUT2D eigenvalue weighted by Crippen LogP contribution is -2.34. The molecule has 0 aliphatic carbocycles. The van der Waals surface area contributed by atoms with Crippen LogP contribution in [0.25, 0.3) is 0 Å². The van der Waals surface area contributed by atoms with Gasteiger partial charge in [0.15, 0.2) is 0 Å². The van der Waals surface area contributed by atoms with E-state index in [4.69, 9.17) is 4.74 Å². The first kappa shape index (κ1) is 24.9. The Morgan fingerprint density at radius 2 is 1.81 bits per heavy atom. The summed E-state index contributed by atoms with van der Waals surface area (Å²) < 4.78 is 32.0. The van der Waals surface area contributed by atoms with Crippen molar-refractivity contribution in [2.75, 3.05) is 30.3 Å². The number of rotatable bonds is 12. The van der Waals surface area contributed by atoms with Crippen LogP contribution in [0.4, 0.5) is 5.69 Å². The summed E-state index contributed by atoms with van der Waals surface area (Å²) in [4.78, 5) is 12.2. The zero-order chi connectivity index (χ0) is 22.9. The molecule has 0 radical (unpaired) electrons. The minimum Gasteiger partial charge on any atom is -0.375 e. The highest BCUT2D eigenvalue weighted by molar-refractivity contribution is 7.92. The van der Waals surface area contributed by atoms with E-state index in [9.17, 15) is 13.2 Å². The summed E-state index contributed by atoms with van der Waals surface area (Å²) >= 11 is 0. The van der Waals surface area contributed by atoms with Crippen molar-refractivity contribution in [3.8, 4) is 0 Å². The van der Waals surface area contributed by atoms with E-state index in [1.165, 1.54) is 10.6 Å². The molecule has 2 aromatic carbocycles. The number of nitrogens with zero attached hydrogens (tertiary/aromatic N) is 1. The number of para-hydroxylation sites is 1.